The number of aliphatic carboxylic acids is 1. The Morgan fingerprint density at radius 1 is 1.07 bits per heavy atom. The van der Waals surface area contributed by atoms with Crippen molar-refractivity contribution in [2.24, 2.45) is 0 Å². The van der Waals surface area contributed by atoms with Crippen LogP contribution in [-0.2, 0) is 27.0 Å². The third-order valence-electron chi connectivity index (χ3n) is 4.38. The topological polar surface area (TPSA) is 71.4 Å². The molecule has 0 heterocycles. The van der Waals surface area contributed by atoms with E-state index in [9.17, 15) is 17.6 Å². The maximum absolute atomic E-state index is 15.5. The number of halogens is 4. The first kappa shape index (κ1) is 21.1. The van der Waals surface area contributed by atoms with E-state index in [0.717, 1.165) is 42.7 Å². The first-order valence-electron chi connectivity index (χ1n) is 8.22. The summed E-state index contributed by atoms with van der Waals surface area (Å²) in [6.07, 6.45) is 0.416. The van der Waals surface area contributed by atoms with Crippen molar-refractivity contribution < 1.29 is 31.5 Å². The van der Waals surface area contributed by atoms with Crippen LogP contribution in [0.25, 0.3) is 10.8 Å². The molecule has 0 unspecified atom stereocenters. The molecule has 4 nitrogen and oxygen atoms in total. The molecule has 29 heavy (non-hydrogen) atoms. The number of hydrogen-bond donors (Lipinski definition) is 1. The van der Waals surface area contributed by atoms with E-state index in [4.69, 9.17) is 16.7 Å². The summed E-state index contributed by atoms with van der Waals surface area (Å²) in [5, 5.41) is 8.67. The number of carbonyl (C=O) groups is 1. The molecule has 3 aromatic carbocycles. The lowest BCUT2D eigenvalue weighted by Crippen LogP contribution is -2.18. The number of carboxylic acid groups (broad SMARTS) is 1. The smallest absolute Gasteiger partial charge is 0.307 e. The van der Waals surface area contributed by atoms with Gasteiger partial charge in [-0.3, -0.25) is 4.79 Å². The minimum Gasteiger partial charge on any atom is -0.481 e. The second kappa shape index (κ2) is 7.35. The molecule has 0 aliphatic rings. The fourth-order valence-corrected chi connectivity index (χ4v) is 4.07. The quantitative estimate of drug-likeness (QED) is 0.616. The minimum absolute atomic E-state index is 0.104. The highest BCUT2D eigenvalue weighted by Gasteiger charge is 2.38. The van der Waals surface area contributed by atoms with Gasteiger partial charge in [-0.1, -0.05) is 23.7 Å². The SMILES string of the molecule is CS(=O)(=O)c1ccc(C(F)(F)c2cc(CC(=O)O)cc3ccc(F)cc23)c(Cl)c1. The highest BCUT2D eigenvalue weighted by atomic mass is 35.5. The van der Waals surface area contributed by atoms with Crippen LogP contribution < -0.4 is 0 Å². The largest absolute Gasteiger partial charge is 0.481 e. The van der Waals surface area contributed by atoms with Gasteiger partial charge in [-0.15, -0.1) is 0 Å². The number of fused-ring (bicyclic) bond motifs is 1. The first-order chi connectivity index (χ1) is 13.4. The minimum atomic E-state index is -3.74. The van der Waals surface area contributed by atoms with Gasteiger partial charge in [0.1, 0.15) is 5.82 Å². The van der Waals surface area contributed by atoms with Crippen molar-refractivity contribution in [1.82, 2.24) is 0 Å². The average Bonchev–Trinajstić information content (AvgIpc) is 2.59. The second-order valence-electron chi connectivity index (χ2n) is 6.57. The van der Waals surface area contributed by atoms with Crippen molar-refractivity contribution in [1.29, 1.82) is 0 Å². The van der Waals surface area contributed by atoms with Gasteiger partial charge in [0.05, 0.1) is 16.3 Å². The number of alkyl halides is 2. The zero-order valence-corrected chi connectivity index (χ0v) is 16.5. The lowest BCUT2D eigenvalue weighted by atomic mass is 9.92. The standard InChI is InChI=1S/C20H14ClF3O4S/c1-29(27,28)14-4-5-16(18(21)10-14)20(23,24)17-7-11(8-19(25)26)6-12-2-3-13(22)9-15(12)17/h2-7,9-10H,8H2,1H3,(H,25,26). The fourth-order valence-electron chi connectivity index (χ4n) is 3.05. The van der Waals surface area contributed by atoms with E-state index in [1.807, 2.05) is 0 Å². The zero-order chi connectivity index (χ0) is 21.6. The molecule has 0 saturated carbocycles. The maximum atomic E-state index is 15.5. The summed E-state index contributed by atoms with van der Waals surface area (Å²) in [6.45, 7) is 0. The predicted molar refractivity (Wildman–Crippen MR) is 103 cm³/mol. The van der Waals surface area contributed by atoms with Crippen LogP contribution in [0.1, 0.15) is 16.7 Å². The molecular weight excluding hydrogens is 429 g/mol. The molecule has 0 aliphatic heterocycles. The highest BCUT2D eigenvalue weighted by Crippen LogP contribution is 2.43. The third kappa shape index (κ3) is 4.23. The monoisotopic (exact) mass is 442 g/mol. The summed E-state index contributed by atoms with van der Waals surface area (Å²) >= 11 is 5.96. The summed E-state index contributed by atoms with van der Waals surface area (Å²) in [5.41, 5.74) is -1.19. The first-order valence-corrected chi connectivity index (χ1v) is 10.5. The third-order valence-corrected chi connectivity index (χ3v) is 5.80. The van der Waals surface area contributed by atoms with Crippen LogP contribution >= 0.6 is 11.6 Å². The molecule has 1 N–H and O–H groups in total. The van der Waals surface area contributed by atoms with Crippen LogP contribution in [0, 0.1) is 5.82 Å². The molecule has 0 aliphatic carbocycles. The fraction of sp³-hybridized carbons (Fsp3) is 0.150. The zero-order valence-electron chi connectivity index (χ0n) is 14.9. The van der Waals surface area contributed by atoms with E-state index in [2.05, 4.69) is 0 Å². The lowest BCUT2D eigenvalue weighted by molar-refractivity contribution is -0.136. The van der Waals surface area contributed by atoms with Crippen LogP contribution in [0.2, 0.25) is 5.02 Å². The van der Waals surface area contributed by atoms with E-state index < -0.39 is 50.1 Å². The molecule has 0 amide bonds. The van der Waals surface area contributed by atoms with E-state index in [-0.39, 0.29) is 21.2 Å². The molecule has 9 heteroatoms. The van der Waals surface area contributed by atoms with Crippen LogP contribution in [-0.4, -0.2) is 25.7 Å². The van der Waals surface area contributed by atoms with Gasteiger partial charge in [-0.25, -0.2) is 12.8 Å². The van der Waals surface area contributed by atoms with Crippen molar-refractivity contribution in [2.45, 2.75) is 17.2 Å². The van der Waals surface area contributed by atoms with Crippen LogP contribution in [0.15, 0.2) is 53.4 Å². The number of rotatable bonds is 5. The number of sulfone groups is 1. The van der Waals surface area contributed by atoms with E-state index >= 15 is 8.78 Å². The molecule has 0 fully saturated rings. The number of carboxylic acids is 1. The van der Waals surface area contributed by atoms with E-state index in [1.54, 1.807) is 0 Å². The Balaban J connectivity index is 2.27. The van der Waals surface area contributed by atoms with Gasteiger partial charge in [-0.05, 0) is 52.7 Å². The molecule has 0 saturated heterocycles. The maximum Gasteiger partial charge on any atom is 0.307 e. The predicted octanol–water partition coefficient (Wildman–Crippen LogP) is 4.80. The number of benzene rings is 3. The van der Waals surface area contributed by atoms with Crippen LogP contribution in [0.5, 0.6) is 0 Å². The molecule has 0 spiro atoms. The Bertz CT molecular complexity index is 1240. The Kier molecular flexibility index (Phi) is 5.36. The Labute approximate surface area is 169 Å². The number of hydrogen-bond acceptors (Lipinski definition) is 3. The van der Waals surface area contributed by atoms with Crippen molar-refractivity contribution in [3.05, 3.63) is 76.1 Å². The molecular formula is C20H14ClF3O4S. The van der Waals surface area contributed by atoms with E-state index in [0.29, 0.717) is 0 Å². The molecule has 0 radical (unpaired) electrons. The summed E-state index contributed by atoms with van der Waals surface area (Å²) in [4.78, 5) is 10.8. The molecule has 3 rings (SSSR count). The molecule has 3 aromatic rings. The van der Waals surface area contributed by atoms with Crippen molar-refractivity contribution in [2.75, 3.05) is 6.26 Å². The Morgan fingerprint density at radius 3 is 2.34 bits per heavy atom. The van der Waals surface area contributed by atoms with Crippen molar-refractivity contribution in [3.63, 3.8) is 0 Å². The summed E-state index contributed by atoms with van der Waals surface area (Å²) < 4.78 is 67.9. The summed E-state index contributed by atoms with van der Waals surface area (Å²) in [6, 6.07) is 8.52. The molecule has 0 bridgehead atoms. The van der Waals surface area contributed by atoms with Gasteiger partial charge in [0.2, 0.25) is 0 Å². The van der Waals surface area contributed by atoms with Gasteiger partial charge in [0, 0.05) is 17.4 Å². The average molecular weight is 443 g/mol. The van der Waals surface area contributed by atoms with Gasteiger partial charge < -0.3 is 5.11 Å². The second-order valence-corrected chi connectivity index (χ2v) is 8.99. The van der Waals surface area contributed by atoms with Crippen molar-refractivity contribution >= 4 is 38.2 Å². The van der Waals surface area contributed by atoms with Crippen LogP contribution in [0.3, 0.4) is 0 Å². The highest BCUT2D eigenvalue weighted by molar-refractivity contribution is 7.90. The molecule has 152 valence electrons. The molecule has 0 aromatic heterocycles. The van der Waals surface area contributed by atoms with Crippen molar-refractivity contribution in [3.8, 4) is 0 Å². The molecule has 0 atom stereocenters. The van der Waals surface area contributed by atoms with Crippen LogP contribution in [0.4, 0.5) is 13.2 Å². The Hall–Kier alpha value is -2.58. The van der Waals surface area contributed by atoms with E-state index in [1.165, 1.54) is 12.1 Å². The summed E-state index contributed by atoms with van der Waals surface area (Å²) in [7, 11) is -3.66. The van der Waals surface area contributed by atoms with Gasteiger partial charge in [0.25, 0.3) is 0 Å². The van der Waals surface area contributed by atoms with Gasteiger partial charge in [0.15, 0.2) is 9.84 Å². The van der Waals surface area contributed by atoms with Gasteiger partial charge in [-0.2, -0.15) is 8.78 Å². The Morgan fingerprint density at radius 2 is 1.76 bits per heavy atom. The normalized spacial score (nSPS) is 12.3. The summed E-state index contributed by atoms with van der Waals surface area (Å²) in [5.74, 6) is -5.69. The van der Waals surface area contributed by atoms with Gasteiger partial charge >= 0.3 is 11.9 Å². The lowest BCUT2D eigenvalue weighted by Gasteiger charge is -2.22.